The molecule has 1 N–H and O–H groups in total. The number of pyridine rings is 1. The second-order valence-corrected chi connectivity index (χ2v) is 9.94. The van der Waals surface area contributed by atoms with E-state index in [0.717, 1.165) is 34.4 Å². The van der Waals surface area contributed by atoms with E-state index in [1.54, 1.807) is 33.4 Å². The zero-order chi connectivity index (χ0) is 28.7. The molecule has 1 aromatic heterocycles. The number of benzene rings is 2. The fourth-order valence-corrected chi connectivity index (χ4v) is 4.80. The number of aromatic nitrogens is 1. The average Bonchev–Trinajstić information content (AvgIpc) is 2.94. The van der Waals surface area contributed by atoms with Gasteiger partial charge in [0.25, 0.3) is 5.91 Å². The van der Waals surface area contributed by atoms with E-state index >= 15 is 0 Å². The van der Waals surface area contributed by atoms with Crippen LogP contribution in [0.3, 0.4) is 0 Å². The number of nitrogens with one attached hydrogen (secondary N) is 1. The highest BCUT2D eigenvalue weighted by Crippen LogP contribution is 2.38. The molecule has 9 heteroatoms. The van der Waals surface area contributed by atoms with Gasteiger partial charge in [0.2, 0.25) is 5.91 Å². The molecule has 1 heterocycles. The van der Waals surface area contributed by atoms with Crippen molar-refractivity contribution in [2.45, 2.75) is 40.5 Å². The van der Waals surface area contributed by atoms with Gasteiger partial charge < -0.3 is 19.7 Å². The summed E-state index contributed by atoms with van der Waals surface area (Å²) >= 11 is 1.98. The molecule has 0 radical (unpaired) electrons. The molecule has 3 aromatic rings. The molecule has 8 nitrogen and oxygen atoms in total. The first-order chi connectivity index (χ1) is 18.6. The van der Waals surface area contributed by atoms with Crippen LogP contribution in [-0.4, -0.2) is 38.1 Å². The van der Waals surface area contributed by atoms with Gasteiger partial charge in [-0.05, 0) is 73.4 Å². The minimum absolute atomic E-state index is 0.110. The van der Waals surface area contributed by atoms with Crippen molar-refractivity contribution in [2.75, 3.05) is 34.6 Å². The van der Waals surface area contributed by atoms with Crippen LogP contribution in [0.1, 0.15) is 42.5 Å². The number of anilines is 4. The zero-order valence-electron chi connectivity index (χ0n) is 23.5. The van der Waals surface area contributed by atoms with Crippen molar-refractivity contribution >= 4 is 63.6 Å². The topological polar surface area (TPSA) is 84.0 Å². The predicted molar refractivity (Wildman–Crippen MR) is 167 cm³/mol. The number of halogens is 1. The van der Waals surface area contributed by atoms with Crippen LogP contribution in [0.5, 0.6) is 11.5 Å². The fraction of sp³-hybridized carbons (Fsp3) is 0.300. The van der Waals surface area contributed by atoms with Crippen LogP contribution in [0, 0.1) is 13.8 Å². The maximum absolute atomic E-state index is 13.3. The molecule has 0 aliphatic rings. The number of carbonyl (C=O) groups is 2. The molecule has 0 aliphatic carbocycles. The summed E-state index contributed by atoms with van der Waals surface area (Å²) in [4.78, 5) is 32.0. The van der Waals surface area contributed by atoms with E-state index in [1.807, 2.05) is 85.1 Å². The average molecular weight is 643 g/mol. The number of ether oxygens (including phenoxy) is 2. The number of hydrogen-bond donors (Lipinski definition) is 1. The van der Waals surface area contributed by atoms with Crippen molar-refractivity contribution in [3.8, 4) is 11.5 Å². The molecule has 3 rings (SSSR count). The maximum atomic E-state index is 13.3. The van der Waals surface area contributed by atoms with Gasteiger partial charge >= 0.3 is 0 Å². The molecule has 0 unspecified atom stereocenters. The lowest BCUT2D eigenvalue weighted by molar-refractivity contribution is -0.116. The summed E-state index contributed by atoms with van der Waals surface area (Å²) in [6, 6.07) is 11.5. The third-order valence-electron chi connectivity index (χ3n) is 6.41. The second kappa shape index (κ2) is 13.5. The Balaban J connectivity index is 1.93. The lowest BCUT2D eigenvalue weighted by Crippen LogP contribution is -2.21. The van der Waals surface area contributed by atoms with Gasteiger partial charge in [0.05, 0.1) is 48.5 Å². The normalized spacial score (nSPS) is 10.9. The predicted octanol–water partition coefficient (Wildman–Crippen LogP) is 6.79. The van der Waals surface area contributed by atoms with Crippen LogP contribution in [0.2, 0.25) is 0 Å². The van der Waals surface area contributed by atoms with E-state index < -0.39 is 0 Å². The van der Waals surface area contributed by atoms with Crippen LogP contribution in [-0.2, 0) is 16.0 Å². The monoisotopic (exact) mass is 642 g/mol. The fourth-order valence-electron chi connectivity index (χ4n) is 4.24. The standard InChI is InChI=1S/C30H35IN4O4/c1-8-21-17-25(24(16-19(21)3)33-27(36)9-2)35(31)28(37)13-12-22-11-10-14-32-30(22)34(5)23-15-20(4)29(39-7)26(18-23)38-6/h10-18H,8-9H2,1-7H3,(H,33,36)/b13-12+. The summed E-state index contributed by atoms with van der Waals surface area (Å²) in [5.74, 6) is 1.63. The van der Waals surface area contributed by atoms with E-state index in [-0.39, 0.29) is 11.8 Å². The van der Waals surface area contributed by atoms with E-state index in [2.05, 4.69) is 17.2 Å². The van der Waals surface area contributed by atoms with Gasteiger partial charge in [-0.3, -0.25) is 9.59 Å². The summed E-state index contributed by atoms with van der Waals surface area (Å²) in [6.45, 7) is 7.82. The number of aryl methyl sites for hydroxylation is 3. The Bertz CT molecular complexity index is 1390. The summed E-state index contributed by atoms with van der Waals surface area (Å²) in [5, 5.41) is 2.93. The number of amides is 2. The number of rotatable bonds is 10. The van der Waals surface area contributed by atoms with Crippen molar-refractivity contribution < 1.29 is 19.1 Å². The molecule has 0 saturated heterocycles. The van der Waals surface area contributed by atoms with Gasteiger partial charge in [-0.1, -0.05) is 13.8 Å². The third kappa shape index (κ3) is 6.89. The van der Waals surface area contributed by atoms with Gasteiger partial charge in [0.15, 0.2) is 11.5 Å². The highest BCUT2D eigenvalue weighted by atomic mass is 127. The van der Waals surface area contributed by atoms with Gasteiger partial charge in [0, 0.05) is 43.1 Å². The molecule has 0 bridgehead atoms. The van der Waals surface area contributed by atoms with E-state index in [4.69, 9.17) is 9.47 Å². The van der Waals surface area contributed by atoms with Gasteiger partial charge in [-0.15, -0.1) is 0 Å². The van der Waals surface area contributed by atoms with Gasteiger partial charge in [-0.2, -0.15) is 0 Å². The molecule has 39 heavy (non-hydrogen) atoms. The van der Waals surface area contributed by atoms with Crippen molar-refractivity contribution in [1.82, 2.24) is 4.98 Å². The minimum atomic E-state index is -0.243. The largest absolute Gasteiger partial charge is 0.493 e. The quantitative estimate of drug-likeness (QED) is 0.149. The molecular weight excluding hydrogens is 607 g/mol. The molecule has 0 fully saturated rings. The van der Waals surface area contributed by atoms with Crippen LogP contribution < -0.4 is 22.8 Å². The molecule has 2 aromatic carbocycles. The van der Waals surface area contributed by atoms with E-state index in [0.29, 0.717) is 35.1 Å². The summed E-state index contributed by atoms with van der Waals surface area (Å²) in [5.41, 5.74) is 5.98. The summed E-state index contributed by atoms with van der Waals surface area (Å²) in [6.07, 6.45) is 6.14. The Morgan fingerprint density at radius 1 is 1.08 bits per heavy atom. The lowest BCUT2D eigenvalue weighted by atomic mass is 10.0. The van der Waals surface area contributed by atoms with Crippen molar-refractivity contribution in [1.29, 1.82) is 0 Å². The molecule has 0 aliphatic heterocycles. The molecular formula is C30H35IN4O4. The van der Waals surface area contributed by atoms with Crippen LogP contribution in [0.25, 0.3) is 6.08 Å². The van der Waals surface area contributed by atoms with Crippen molar-refractivity contribution in [3.05, 3.63) is 70.9 Å². The van der Waals surface area contributed by atoms with Crippen LogP contribution in [0.15, 0.2) is 48.7 Å². The number of nitrogens with zero attached hydrogens (tertiary/aromatic N) is 3. The number of carbonyl (C=O) groups excluding carboxylic acids is 2. The van der Waals surface area contributed by atoms with Crippen LogP contribution >= 0.6 is 22.9 Å². The molecule has 206 valence electrons. The third-order valence-corrected chi connectivity index (χ3v) is 7.41. The highest BCUT2D eigenvalue weighted by Gasteiger charge is 2.19. The van der Waals surface area contributed by atoms with Gasteiger partial charge in [0.1, 0.15) is 5.82 Å². The molecule has 2 amide bonds. The Morgan fingerprint density at radius 3 is 2.46 bits per heavy atom. The van der Waals surface area contributed by atoms with Crippen molar-refractivity contribution in [3.63, 3.8) is 0 Å². The van der Waals surface area contributed by atoms with Crippen LogP contribution in [0.4, 0.5) is 22.9 Å². The first-order valence-electron chi connectivity index (χ1n) is 12.7. The first-order valence-corrected chi connectivity index (χ1v) is 13.6. The number of methoxy groups -OCH3 is 2. The van der Waals surface area contributed by atoms with E-state index in [1.165, 1.54) is 9.19 Å². The molecule has 0 saturated carbocycles. The van der Waals surface area contributed by atoms with Crippen molar-refractivity contribution in [2.24, 2.45) is 0 Å². The Hall–Kier alpha value is -3.60. The SMILES string of the molecule is CCC(=O)Nc1cc(C)c(CC)cc1N(I)C(=O)/C=C/c1cccnc1N(C)c1cc(C)c(OC)c(OC)c1. The Labute approximate surface area is 244 Å². The smallest absolute Gasteiger partial charge is 0.259 e. The summed E-state index contributed by atoms with van der Waals surface area (Å²) < 4.78 is 12.5. The maximum Gasteiger partial charge on any atom is 0.259 e. The number of hydrogen-bond acceptors (Lipinski definition) is 6. The van der Waals surface area contributed by atoms with Gasteiger partial charge in [-0.25, -0.2) is 8.10 Å². The molecule has 0 atom stereocenters. The Morgan fingerprint density at radius 2 is 1.82 bits per heavy atom. The zero-order valence-corrected chi connectivity index (χ0v) is 25.6. The molecule has 0 spiro atoms. The minimum Gasteiger partial charge on any atom is -0.493 e. The first kappa shape index (κ1) is 29.9. The Kier molecular flexibility index (Phi) is 10.3. The second-order valence-electron chi connectivity index (χ2n) is 8.98. The highest BCUT2D eigenvalue weighted by molar-refractivity contribution is 14.1. The lowest BCUT2D eigenvalue weighted by Gasteiger charge is -2.23. The summed E-state index contributed by atoms with van der Waals surface area (Å²) in [7, 11) is 5.13. The van der Waals surface area contributed by atoms with E-state index in [9.17, 15) is 9.59 Å².